The Bertz CT molecular complexity index is 769. The summed E-state index contributed by atoms with van der Waals surface area (Å²) in [7, 11) is 0. The third kappa shape index (κ3) is 7.50. The minimum absolute atomic E-state index is 0.00764. The number of nitrogens with zero attached hydrogens (tertiary/aromatic N) is 2. The van der Waals surface area contributed by atoms with Crippen molar-refractivity contribution in [3.63, 3.8) is 0 Å². The largest absolute Gasteiger partial charge is 0.381 e. The fourth-order valence-corrected chi connectivity index (χ4v) is 8.31. The first-order valence-electron chi connectivity index (χ1n) is 15.9. The summed E-state index contributed by atoms with van der Waals surface area (Å²) in [5.41, 5.74) is 12.7. The van der Waals surface area contributed by atoms with Gasteiger partial charge in [-0.2, -0.15) is 0 Å². The summed E-state index contributed by atoms with van der Waals surface area (Å²) >= 11 is 0. The average Bonchev–Trinajstić information content (AvgIpc) is 2.95. The number of ether oxygens (including phenoxy) is 1. The van der Waals surface area contributed by atoms with Gasteiger partial charge in [-0.3, -0.25) is 14.6 Å². The van der Waals surface area contributed by atoms with E-state index in [4.69, 9.17) is 16.2 Å². The summed E-state index contributed by atoms with van der Waals surface area (Å²) in [6, 6.07) is 0.740. The molecule has 5 fully saturated rings. The van der Waals surface area contributed by atoms with Crippen LogP contribution in [0.25, 0.3) is 0 Å². The molecule has 39 heavy (non-hydrogen) atoms. The summed E-state index contributed by atoms with van der Waals surface area (Å²) in [4.78, 5) is 19.1. The number of piperazine rings is 1. The van der Waals surface area contributed by atoms with Crippen LogP contribution in [0.1, 0.15) is 70.6 Å². The molecular formula is C29H54FN7O2. The second-order valence-electron chi connectivity index (χ2n) is 13.1. The van der Waals surface area contributed by atoms with E-state index in [1.165, 1.54) is 19.3 Å². The van der Waals surface area contributed by atoms with Crippen LogP contribution in [-0.2, 0) is 9.53 Å². The Kier molecular flexibility index (Phi) is 10.5. The van der Waals surface area contributed by atoms with Crippen molar-refractivity contribution in [3.8, 4) is 0 Å². The molecule has 1 saturated carbocycles. The fourth-order valence-electron chi connectivity index (χ4n) is 8.31. The molecule has 0 aromatic carbocycles. The first-order valence-corrected chi connectivity index (χ1v) is 15.9. The molecule has 4 saturated heterocycles. The quantitative estimate of drug-likeness (QED) is 0.309. The molecule has 7 N–H and O–H groups in total. The highest BCUT2D eigenvalue weighted by molar-refractivity contribution is 5.80. The summed E-state index contributed by atoms with van der Waals surface area (Å²) < 4.78 is 20.3. The van der Waals surface area contributed by atoms with Gasteiger partial charge in [-0.1, -0.05) is 19.3 Å². The number of alkyl halides is 1. The predicted octanol–water partition coefficient (Wildman–Crippen LogP) is 0.920. The number of hydrogen-bond donors (Lipinski definition) is 5. The Morgan fingerprint density at radius 3 is 2.38 bits per heavy atom. The predicted molar refractivity (Wildman–Crippen MR) is 152 cm³/mol. The van der Waals surface area contributed by atoms with E-state index in [1.54, 1.807) is 0 Å². The standard InChI is InChI=1S/C29H54FN7O2/c30-21-4-10-29(8-2-1-3-9-29)18-23(34-19-21)26(27(31)32)28(38)35-24-20-33-11-5-25(24)37-14-12-36(13-15-37)22-6-16-39-17-7-22/h21-27,33-34H,1-20,31-32H2,(H,35,38). The van der Waals surface area contributed by atoms with Crippen LogP contribution in [0.4, 0.5) is 4.39 Å². The third-order valence-electron chi connectivity index (χ3n) is 10.6. The molecule has 0 radical (unpaired) electrons. The van der Waals surface area contributed by atoms with E-state index in [1.807, 2.05) is 0 Å². The van der Waals surface area contributed by atoms with Crippen LogP contribution in [0.3, 0.4) is 0 Å². The molecule has 9 nitrogen and oxygen atoms in total. The molecule has 4 aliphatic heterocycles. The molecule has 224 valence electrons. The lowest BCUT2D eigenvalue weighted by molar-refractivity contribution is -0.128. The minimum Gasteiger partial charge on any atom is -0.381 e. The highest BCUT2D eigenvalue weighted by Crippen LogP contribution is 2.46. The Balaban J connectivity index is 1.23. The molecule has 10 heteroatoms. The van der Waals surface area contributed by atoms with Crippen molar-refractivity contribution >= 4 is 5.91 Å². The second kappa shape index (κ2) is 13.9. The molecule has 1 aliphatic carbocycles. The van der Waals surface area contributed by atoms with Gasteiger partial charge in [0.2, 0.25) is 5.91 Å². The van der Waals surface area contributed by atoms with Crippen molar-refractivity contribution in [1.82, 2.24) is 25.8 Å². The average molecular weight is 552 g/mol. The minimum atomic E-state index is -0.893. The van der Waals surface area contributed by atoms with Gasteiger partial charge >= 0.3 is 0 Å². The number of amides is 1. The zero-order valence-corrected chi connectivity index (χ0v) is 23.9. The molecule has 0 aromatic heterocycles. The van der Waals surface area contributed by atoms with Crippen LogP contribution in [0.2, 0.25) is 0 Å². The van der Waals surface area contributed by atoms with Gasteiger partial charge in [-0.15, -0.1) is 0 Å². The third-order valence-corrected chi connectivity index (χ3v) is 10.6. The van der Waals surface area contributed by atoms with Crippen molar-refractivity contribution in [3.05, 3.63) is 0 Å². The van der Waals surface area contributed by atoms with Crippen molar-refractivity contribution in [1.29, 1.82) is 0 Å². The van der Waals surface area contributed by atoms with Crippen molar-refractivity contribution in [2.24, 2.45) is 22.8 Å². The molecule has 1 spiro atoms. The lowest BCUT2D eigenvalue weighted by Crippen LogP contribution is -2.66. The molecular weight excluding hydrogens is 497 g/mol. The number of halogens is 1. The van der Waals surface area contributed by atoms with Crippen LogP contribution in [-0.4, -0.2) is 111 Å². The van der Waals surface area contributed by atoms with Crippen LogP contribution >= 0.6 is 0 Å². The van der Waals surface area contributed by atoms with Gasteiger partial charge < -0.3 is 32.2 Å². The van der Waals surface area contributed by atoms with Crippen LogP contribution < -0.4 is 27.4 Å². The SMILES string of the molecule is NC(N)C(C(=O)NC1CNCCC1N1CCN(C2CCOCC2)CC1)C1CC2(CCCCC2)CCC(F)CN1. The zero-order valence-electron chi connectivity index (χ0n) is 23.9. The Morgan fingerprint density at radius 2 is 1.67 bits per heavy atom. The molecule has 0 bridgehead atoms. The van der Waals surface area contributed by atoms with Gasteiger partial charge in [0, 0.05) is 70.6 Å². The molecule has 5 rings (SSSR count). The van der Waals surface area contributed by atoms with Gasteiger partial charge in [-0.25, -0.2) is 4.39 Å². The van der Waals surface area contributed by atoms with E-state index < -0.39 is 18.3 Å². The monoisotopic (exact) mass is 551 g/mol. The zero-order chi connectivity index (χ0) is 27.2. The van der Waals surface area contributed by atoms with Gasteiger partial charge in [0.1, 0.15) is 6.17 Å². The number of nitrogens with one attached hydrogen (secondary N) is 3. The van der Waals surface area contributed by atoms with Crippen LogP contribution in [0, 0.1) is 11.3 Å². The van der Waals surface area contributed by atoms with E-state index in [0.717, 1.165) is 97.4 Å². The molecule has 1 amide bonds. The maximum Gasteiger partial charge on any atom is 0.227 e. The summed E-state index contributed by atoms with van der Waals surface area (Å²) in [5, 5.41) is 10.3. The first kappa shape index (κ1) is 29.6. The van der Waals surface area contributed by atoms with E-state index in [-0.39, 0.29) is 30.0 Å². The smallest absolute Gasteiger partial charge is 0.227 e. The topological polar surface area (TPSA) is 121 Å². The van der Waals surface area contributed by atoms with Crippen LogP contribution in [0.5, 0.6) is 0 Å². The van der Waals surface area contributed by atoms with E-state index >= 15 is 0 Å². The van der Waals surface area contributed by atoms with Gasteiger partial charge in [0.15, 0.2) is 0 Å². The Morgan fingerprint density at radius 1 is 0.949 bits per heavy atom. The van der Waals surface area contributed by atoms with E-state index in [9.17, 15) is 9.18 Å². The lowest BCUT2D eigenvalue weighted by Gasteiger charge is -2.47. The van der Waals surface area contributed by atoms with Gasteiger partial charge in [0.25, 0.3) is 0 Å². The number of carbonyl (C=O) groups excluding carboxylic acids is 1. The number of hydrogen-bond acceptors (Lipinski definition) is 8. The molecule has 5 unspecified atom stereocenters. The Labute approximate surface area is 234 Å². The highest BCUT2D eigenvalue weighted by atomic mass is 19.1. The summed E-state index contributed by atoms with van der Waals surface area (Å²) in [5.74, 6) is -0.661. The molecule has 5 aliphatic rings. The second-order valence-corrected chi connectivity index (χ2v) is 13.1. The summed E-state index contributed by atoms with van der Waals surface area (Å²) in [6.07, 6.45) is 9.78. The molecule has 5 atom stereocenters. The van der Waals surface area contributed by atoms with E-state index in [0.29, 0.717) is 18.5 Å². The van der Waals surface area contributed by atoms with Crippen molar-refractivity contribution in [2.45, 2.75) is 107 Å². The summed E-state index contributed by atoms with van der Waals surface area (Å²) in [6.45, 7) is 7.93. The number of carbonyl (C=O) groups is 1. The number of rotatable bonds is 6. The molecule has 4 heterocycles. The fraction of sp³-hybridized carbons (Fsp3) is 0.966. The molecule has 0 aromatic rings. The number of piperidine rings is 1. The number of nitrogens with two attached hydrogens (primary N) is 2. The highest BCUT2D eigenvalue weighted by Gasteiger charge is 2.43. The van der Waals surface area contributed by atoms with E-state index in [2.05, 4.69) is 25.8 Å². The maximum atomic E-state index is 14.7. The van der Waals surface area contributed by atoms with Crippen molar-refractivity contribution < 1.29 is 13.9 Å². The van der Waals surface area contributed by atoms with Gasteiger partial charge in [-0.05, 0) is 63.3 Å². The first-order chi connectivity index (χ1) is 18.9. The van der Waals surface area contributed by atoms with Crippen LogP contribution in [0.15, 0.2) is 0 Å². The Hall–Kier alpha value is -0.880. The normalized spacial score (nSPS) is 34.9. The maximum absolute atomic E-state index is 14.7. The van der Waals surface area contributed by atoms with Gasteiger partial charge in [0.05, 0.1) is 18.1 Å². The van der Waals surface area contributed by atoms with Crippen molar-refractivity contribution in [2.75, 3.05) is 59.0 Å². The lowest BCUT2D eigenvalue weighted by atomic mass is 9.65.